The molecule has 2 saturated heterocycles. The Kier molecular flexibility index (Phi) is 3.20. The topological polar surface area (TPSA) is 41.7 Å². The molecule has 1 unspecified atom stereocenters. The molecule has 4 nitrogen and oxygen atoms in total. The maximum Gasteiger partial charge on any atom is 0.166 e. The predicted molar refractivity (Wildman–Crippen MR) is 59.2 cm³/mol. The van der Waals surface area contributed by atoms with E-state index in [1.165, 1.54) is 6.42 Å². The van der Waals surface area contributed by atoms with Gasteiger partial charge < -0.3 is 15.4 Å². The average molecular weight is 215 g/mol. The largest absolute Gasteiger partial charge is 0.379 e. The normalized spacial score (nSPS) is 29.4. The summed E-state index contributed by atoms with van der Waals surface area (Å²) in [5.74, 6) is 0. The molecule has 0 aromatic carbocycles. The Morgan fingerprint density at radius 2 is 2.00 bits per heavy atom. The van der Waals surface area contributed by atoms with Gasteiger partial charge >= 0.3 is 0 Å². The van der Waals surface area contributed by atoms with Crippen molar-refractivity contribution >= 4 is 17.3 Å². The maximum absolute atomic E-state index is 5.60. The zero-order valence-electron chi connectivity index (χ0n) is 8.32. The number of ether oxygens (including phenoxy) is 1. The first-order chi connectivity index (χ1) is 6.77. The first kappa shape index (κ1) is 10.1. The van der Waals surface area contributed by atoms with Gasteiger partial charge in [-0.25, -0.2) is 0 Å². The molecule has 5 heteroatoms. The van der Waals surface area contributed by atoms with Crippen LogP contribution in [-0.2, 0) is 4.74 Å². The minimum Gasteiger partial charge on any atom is -0.379 e. The van der Waals surface area contributed by atoms with Gasteiger partial charge in [-0.2, -0.15) is 0 Å². The second-order valence-electron chi connectivity index (χ2n) is 3.88. The number of hydrogen-bond donors (Lipinski definition) is 1. The summed E-state index contributed by atoms with van der Waals surface area (Å²) >= 11 is 4.97. The van der Waals surface area contributed by atoms with E-state index >= 15 is 0 Å². The van der Waals surface area contributed by atoms with Crippen molar-refractivity contribution in [3.8, 4) is 0 Å². The second kappa shape index (κ2) is 4.42. The number of hydrogen-bond acceptors (Lipinski definition) is 3. The molecule has 0 aromatic heterocycles. The molecule has 2 fully saturated rings. The molecule has 1 atom stereocenters. The molecule has 0 radical (unpaired) electrons. The quantitative estimate of drug-likeness (QED) is 0.605. The van der Waals surface area contributed by atoms with E-state index in [1.807, 2.05) is 0 Å². The van der Waals surface area contributed by atoms with E-state index in [4.69, 9.17) is 22.7 Å². The lowest BCUT2D eigenvalue weighted by Gasteiger charge is -2.32. The van der Waals surface area contributed by atoms with Gasteiger partial charge in [0.05, 0.1) is 13.2 Å². The Morgan fingerprint density at radius 1 is 1.29 bits per heavy atom. The van der Waals surface area contributed by atoms with Crippen LogP contribution in [0.5, 0.6) is 0 Å². The average Bonchev–Trinajstić information content (AvgIpc) is 2.68. The highest BCUT2D eigenvalue weighted by atomic mass is 32.1. The van der Waals surface area contributed by atoms with Crippen molar-refractivity contribution < 1.29 is 4.74 Å². The minimum absolute atomic E-state index is 0.542. The van der Waals surface area contributed by atoms with Crippen LogP contribution in [0.4, 0.5) is 0 Å². The van der Waals surface area contributed by atoms with Crippen molar-refractivity contribution in [2.45, 2.75) is 12.5 Å². The first-order valence-corrected chi connectivity index (χ1v) is 5.54. The SMILES string of the molecule is NC(=S)N1CCC(N2CCOCC2)C1. The van der Waals surface area contributed by atoms with Gasteiger partial charge in [-0.05, 0) is 18.6 Å². The summed E-state index contributed by atoms with van der Waals surface area (Å²) in [5, 5.41) is 0.542. The van der Waals surface area contributed by atoms with Crippen LogP contribution < -0.4 is 5.73 Å². The van der Waals surface area contributed by atoms with Crippen molar-refractivity contribution in [3.63, 3.8) is 0 Å². The number of nitrogens with zero attached hydrogens (tertiary/aromatic N) is 2. The van der Waals surface area contributed by atoms with E-state index < -0.39 is 0 Å². The van der Waals surface area contributed by atoms with Crippen molar-refractivity contribution in [3.05, 3.63) is 0 Å². The zero-order chi connectivity index (χ0) is 9.97. The predicted octanol–water partition coefficient (Wildman–Crippen LogP) is -0.363. The molecule has 0 amide bonds. The van der Waals surface area contributed by atoms with Crippen LogP contribution in [0.3, 0.4) is 0 Å². The molecular formula is C9H17N3OS. The number of rotatable bonds is 1. The van der Waals surface area contributed by atoms with E-state index in [1.54, 1.807) is 0 Å². The lowest BCUT2D eigenvalue weighted by molar-refractivity contribution is 0.0195. The molecule has 2 aliphatic rings. The van der Waals surface area contributed by atoms with Crippen LogP contribution in [-0.4, -0.2) is 60.3 Å². The Hall–Kier alpha value is -0.390. The Morgan fingerprint density at radius 3 is 2.57 bits per heavy atom. The highest BCUT2D eigenvalue weighted by Crippen LogP contribution is 2.16. The van der Waals surface area contributed by atoms with E-state index in [0.29, 0.717) is 11.2 Å². The van der Waals surface area contributed by atoms with Gasteiger partial charge in [0.25, 0.3) is 0 Å². The summed E-state index contributed by atoms with van der Waals surface area (Å²) in [7, 11) is 0. The number of morpholine rings is 1. The zero-order valence-corrected chi connectivity index (χ0v) is 9.13. The van der Waals surface area contributed by atoms with Crippen molar-refractivity contribution in [2.24, 2.45) is 5.73 Å². The van der Waals surface area contributed by atoms with Gasteiger partial charge in [0, 0.05) is 32.2 Å². The third-order valence-electron chi connectivity index (χ3n) is 3.04. The fourth-order valence-corrected chi connectivity index (χ4v) is 2.35. The Bertz CT molecular complexity index is 218. The highest BCUT2D eigenvalue weighted by molar-refractivity contribution is 7.80. The molecule has 14 heavy (non-hydrogen) atoms. The van der Waals surface area contributed by atoms with Crippen LogP contribution in [0.15, 0.2) is 0 Å². The van der Waals surface area contributed by atoms with Gasteiger partial charge in [-0.1, -0.05) is 0 Å². The molecule has 0 bridgehead atoms. The summed E-state index contributed by atoms with van der Waals surface area (Å²) in [6.45, 7) is 5.84. The number of likely N-dealkylation sites (tertiary alicyclic amines) is 1. The number of nitrogens with two attached hydrogens (primary N) is 1. The lowest BCUT2D eigenvalue weighted by Crippen LogP contribution is -2.45. The summed E-state index contributed by atoms with van der Waals surface area (Å²) in [6, 6.07) is 0.625. The smallest absolute Gasteiger partial charge is 0.166 e. The molecule has 2 aliphatic heterocycles. The van der Waals surface area contributed by atoms with Crippen molar-refractivity contribution in [2.75, 3.05) is 39.4 Å². The van der Waals surface area contributed by atoms with Crippen LogP contribution >= 0.6 is 12.2 Å². The first-order valence-electron chi connectivity index (χ1n) is 5.13. The monoisotopic (exact) mass is 215 g/mol. The minimum atomic E-state index is 0.542. The van der Waals surface area contributed by atoms with E-state index in [0.717, 1.165) is 39.4 Å². The van der Waals surface area contributed by atoms with Crippen LogP contribution in [0.1, 0.15) is 6.42 Å². The van der Waals surface area contributed by atoms with Gasteiger partial charge in [0.1, 0.15) is 0 Å². The second-order valence-corrected chi connectivity index (χ2v) is 4.29. The molecule has 0 spiro atoms. The third kappa shape index (κ3) is 2.16. The van der Waals surface area contributed by atoms with Crippen molar-refractivity contribution in [1.29, 1.82) is 0 Å². The van der Waals surface area contributed by atoms with E-state index in [-0.39, 0.29) is 0 Å². The maximum atomic E-state index is 5.60. The number of thiocarbonyl (C=S) groups is 1. The fraction of sp³-hybridized carbons (Fsp3) is 0.889. The van der Waals surface area contributed by atoms with Crippen LogP contribution in [0.25, 0.3) is 0 Å². The molecular weight excluding hydrogens is 198 g/mol. The molecule has 0 saturated carbocycles. The van der Waals surface area contributed by atoms with E-state index in [9.17, 15) is 0 Å². The summed E-state index contributed by atoms with van der Waals surface area (Å²) in [6.07, 6.45) is 1.18. The van der Waals surface area contributed by atoms with Crippen LogP contribution in [0, 0.1) is 0 Å². The molecule has 80 valence electrons. The molecule has 2 rings (SSSR count). The van der Waals surface area contributed by atoms with Crippen molar-refractivity contribution in [1.82, 2.24) is 9.80 Å². The van der Waals surface area contributed by atoms with Gasteiger partial charge in [0.2, 0.25) is 0 Å². The molecule has 2 heterocycles. The van der Waals surface area contributed by atoms with Crippen LogP contribution in [0.2, 0.25) is 0 Å². The standard InChI is InChI=1S/C9H17N3OS/c10-9(14)12-2-1-8(7-12)11-3-5-13-6-4-11/h8H,1-7H2,(H2,10,14). The summed E-state index contributed by atoms with van der Waals surface area (Å²) in [4.78, 5) is 4.58. The molecule has 2 N–H and O–H groups in total. The van der Waals surface area contributed by atoms with Gasteiger partial charge in [0.15, 0.2) is 5.11 Å². The summed E-state index contributed by atoms with van der Waals surface area (Å²) < 4.78 is 5.33. The van der Waals surface area contributed by atoms with E-state index in [2.05, 4.69) is 9.80 Å². The Balaban J connectivity index is 1.85. The third-order valence-corrected chi connectivity index (χ3v) is 3.30. The lowest BCUT2D eigenvalue weighted by atomic mass is 10.2. The highest BCUT2D eigenvalue weighted by Gasteiger charge is 2.28. The fourth-order valence-electron chi connectivity index (χ4n) is 2.18. The molecule has 0 aliphatic carbocycles. The van der Waals surface area contributed by atoms with Gasteiger partial charge in [-0.3, -0.25) is 4.90 Å². The Labute approximate surface area is 90.0 Å². The molecule has 0 aromatic rings. The summed E-state index contributed by atoms with van der Waals surface area (Å²) in [5.41, 5.74) is 5.60. The van der Waals surface area contributed by atoms with Gasteiger partial charge in [-0.15, -0.1) is 0 Å².